The van der Waals surface area contributed by atoms with Crippen LogP contribution in [0.25, 0.3) is 0 Å². The molecule has 1 heterocycles. The summed E-state index contributed by atoms with van der Waals surface area (Å²) in [7, 11) is 0. The zero-order valence-corrected chi connectivity index (χ0v) is 14.5. The molecule has 0 bridgehead atoms. The Bertz CT molecular complexity index is 770. The number of alkyl halides is 3. The standard InChI is InChI=1S/C16H16ClF3N4O/c1-15(2,3)24-13-8-21-12(7-22-13)14(25)23-11-5-4-9(17)6-10(11)16(18,19)20/h4-8H,1-3H3,(H,22,24)(H,23,25). The molecule has 1 amide bonds. The molecule has 0 saturated heterocycles. The number of amides is 1. The third kappa shape index (κ3) is 5.32. The molecule has 2 N–H and O–H groups in total. The first-order valence-electron chi connectivity index (χ1n) is 7.24. The summed E-state index contributed by atoms with van der Waals surface area (Å²) in [6, 6.07) is 3.10. The summed E-state index contributed by atoms with van der Waals surface area (Å²) in [5.41, 5.74) is -1.79. The van der Waals surface area contributed by atoms with Gasteiger partial charge in [-0.25, -0.2) is 9.97 Å². The van der Waals surface area contributed by atoms with Crippen LogP contribution in [0.2, 0.25) is 5.02 Å². The number of carbonyl (C=O) groups excluding carboxylic acids is 1. The highest BCUT2D eigenvalue weighted by Crippen LogP contribution is 2.36. The Hall–Kier alpha value is -2.35. The molecule has 5 nitrogen and oxygen atoms in total. The van der Waals surface area contributed by atoms with Crippen LogP contribution < -0.4 is 10.6 Å². The van der Waals surface area contributed by atoms with Crippen molar-refractivity contribution in [2.75, 3.05) is 10.6 Å². The van der Waals surface area contributed by atoms with Crippen molar-refractivity contribution < 1.29 is 18.0 Å². The van der Waals surface area contributed by atoms with E-state index in [-0.39, 0.29) is 16.3 Å². The van der Waals surface area contributed by atoms with Crippen LogP contribution in [0.4, 0.5) is 24.7 Å². The van der Waals surface area contributed by atoms with Gasteiger partial charge in [0.15, 0.2) is 0 Å². The maximum atomic E-state index is 13.0. The van der Waals surface area contributed by atoms with Crippen molar-refractivity contribution in [3.63, 3.8) is 0 Å². The lowest BCUT2D eigenvalue weighted by Crippen LogP contribution is -2.27. The van der Waals surface area contributed by atoms with E-state index in [2.05, 4.69) is 20.6 Å². The van der Waals surface area contributed by atoms with Gasteiger partial charge in [-0.05, 0) is 39.0 Å². The van der Waals surface area contributed by atoms with E-state index in [4.69, 9.17) is 11.6 Å². The van der Waals surface area contributed by atoms with Crippen LogP contribution in [0.5, 0.6) is 0 Å². The highest BCUT2D eigenvalue weighted by atomic mass is 35.5. The van der Waals surface area contributed by atoms with Crippen molar-refractivity contribution in [3.8, 4) is 0 Å². The molecule has 2 aromatic rings. The number of aromatic nitrogens is 2. The van der Waals surface area contributed by atoms with Gasteiger partial charge in [0.1, 0.15) is 11.5 Å². The number of nitrogens with one attached hydrogen (secondary N) is 2. The van der Waals surface area contributed by atoms with Gasteiger partial charge < -0.3 is 10.6 Å². The largest absolute Gasteiger partial charge is 0.418 e. The van der Waals surface area contributed by atoms with Crippen molar-refractivity contribution >= 4 is 29.0 Å². The van der Waals surface area contributed by atoms with Crippen LogP contribution in [0.3, 0.4) is 0 Å². The highest BCUT2D eigenvalue weighted by molar-refractivity contribution is 6.30. The molecule has 134 valence electrons. The van der Waals surface area contributed by atoms with Gasteiger partial charge in [0.2, 0.25) is 0 Å². The molecule has 0 radical (unpaired) electrons. The van der Waals surface area contributed by atoms with Crippen LogP contribution in [-0.4, -0.2) is 21.4 Å². The molecule has 0 saturated carbocycles. The van der Waals surface area contributed by atoms with Crippen LogP contribution in [0, 0.1) is 0 Å². The van der Waals surface area contributed by atoms with Gasteiger partial charge in [-0.3, -0.25) is 4.79 Å². The average Bonchev–Trinajstić information content (AvgIpc) is 2.47. The summed E-state index contributed by atoms with van der Waals surface area (Å²) >= 11 is 5.60. The molecule has 0 fully saturated rings. The fourth-order valence-corrected chi connectivity index (χ4v) is 2.11. The lowest BCUT2D eigenvalue weighted by molar-refractivity contribution is -0.136. The monoisotopic (exact) mass is 372 g/mol. The SMILES string of the molecule is CC(C)(C)Nc1cnc(C(=O)Nc2ccc(Cl)cc2C(F)(F)F)cn1. The second-order valence-corrected chi connectivity index (χ2v) is 6.74. The van der Waals surface area contributed by atoms with Gasteiger partial charge in [0, 0.05) is 10.6 Å². The number of hydrogen-bond donors (Lipinski definition) is 2. The van der Waals surface area contributed by atoms with Crippen molar-refractivity contribution in [1.82, 2.24) is 9.97 Å². The maximum Gasteiger partial charge on any atom is 0.418 e. The Kier molecular flexibility index (Phi) is 5.22. The average molecular weight is 373 g/mol. The molecule has 9 heteroatoms. The van der Waals surface area contributed by atoms with Gasteiger partial charge in [-0.2, -0.15) is 13.2 Å². The van der Waals surface area contributed by atoms with E-state index in [1.165, 1.54) is 18.5 Å². The van der Waals surface area contributed by atoms with E-state index in [1.54, 1.807) is 0 Å². The highest BCUT2D eigenvalue weighted by Gasteiger charge is 2.34. The fraction of sp³-hybridized carbons (Fsp3) is 0.312. The zero-order valence-electron chi connectivity index (χ0n) is 13.7. The predicted octanol–water partition coefficient (Wildman–Crippen LogP) is 4.61. The Labute approximate surface area is 147 Å². The third-order valence-corrected chi connectivity index (χ3v) is 3.16. The Balaban J connectivity index is 2.20. The minimum Gasteiger partial charge on any atom is -0.364 e. The molecule has 0 atom stereocenters. The Morgan fingerprint density at radius 1 is 1.12 bits per heavy atom. The molecule has 25 heavy (non-hydrogen) atoms. The van der Waals surface area contributed by atoms with Gasteiger partial charge in [0.25, 0.3) is 5.91 Å². The van der Waals surface area contributed by atoms with E-state index in [9.17, 15) is 18.0 Å². The number of carbonyl (C=O) groups is 1. The molecule has 0 aliphatic carbocycles. The predicted molar refractivity (Wildman–Crippen MR) is 89.8 cm³/mol. The topological polar surface area (TPSA) is 66.9 Å². The van der Waals surface area contributed by atoms with E-state index in [0.717, 1.165) is 12.1 Å². The normalized spacial score (nSPS) is 12.0. The number of nitrogens with zero attached hydrogens (tertiary/aromatic N) is 2. The fourth-order valence-electron chi connectivity index (χ4n) is 1.94. The van der Waals surface area contributed by atoms with E-state index >= 15 is 0 Å². The zero-order chi connectivity index (χ0) is 18.8. The van der Waals surface area contributed by atoms with Crippen LogP contribution in [0.15, 0.2) is 30.6 Å². The second-order valence-electron chi connectivity index (χ2n) is 6.30. The number of halogens is 4. The Morgan fingerprint density at radius 2 is 1.80 bits per heavy atom. The van der Waals surface area contributed by atoms with Crippen molar-refractivity contribution in [3.05, 3.63) is 46.9 Å². The molecule has 1 aromatic heterocycles. The quantitative estimate of drug-likeness (QED) is 0.825. The van der Waals surface area contributed by atoms with Gasteiger partial charge in [-0.1, -0.05) is 11.6 Å². The number of hydrogen-bond acceptors (Lipinski definition) is 4. The minimum absolute atomic E-state index is 0.0808. The smallest absolute Gasteiger partial charge is 0.364 e. The maximum absolute atomic E-state index is 13.0. The lowest BCUT2D eigenvalue weighted by atomic mass is 10.1. The first-order valence-corrected chi connectivity index (χ1v) is 7.62. The third-order valence-electron chi connectivity index (χ3n) is 2.92. The molecule has 1 aromatic carbocycles. The van der Waals surface area contributed by atoms with Crippen molar-refractivity contribution in [1.29, 1.82) is 0 Å². The number of benzene rings is 1. The van der Waals surface area contributed by atoms with Crippen molar-refractivity contribution in [2.45, 2.75) is 32.5 Å². The second kappa shape index (κ2) is 6.87. The van der Waals surface area contributed by atoms with Gasteiger partial charge in [0.05, 0.1) is 23.6 Å². The van der Waals surface area contributed by atoms with Crippen LogP contribution in [0.1, 0.15) is 36.8 Å². The Morgan fingerprint density at radius 3 is 2.32 bits per heavy atom. The number of rotatable bonds is 3. The summed E-state index contributed by atoms with van der Waals surface area (Å²) in [6.45, 7) is 5.78. The summed E-state index contributed by atoms with van der Waals surface area (Å²) in [5.74, 6) is -0.353. The lowest BCUT2D eigenvalue weighted by Gasteiger charge is -2.20. The van der Waals surface area contributed by atoms with E-state index < -0.39 is 23.3 Å². The summed E-state index contributed by atoms with van der Waals surface area (Å²) in [5, 5.41) is 5.17. The molecule has 0 aliphatic rings. The summed E-state index contributed by atoms with van der Waals surface area (Å²) in [4.78, 5) is 20.1. The molecule has 0 aliphatic heterocycles. The van der Waals surface area contributed by atoms with E-state index in [0.29, 0.717) is 5.82 Å². The molecule has 0 spiro atoms. The van der Waals surface area contributed by atoms with Crippen LogP contribution in [-0.2, 0) is 6.18 Å². The molecule has 2 rings (SSSR count). The summed E-state index contributed by atoms with van der Waals surface area (Å²) < 4.78 is 39.1. The summed E-state index contributed by atoms with van der Waals surface area (Å²) in [6.07, 6.45) is -2.13. The van der Waals surface area contributed by atoms with Gasteiger partial charge in [-0.15, -0.1) is 0 Å². The molecular formula is C16H16ClF3N4O. The molecule has 0 unspecified atom stereocenters. The first kappa shape index (κ1) is 19.0. The van der Waals surface area contributed by atoms with Crippen LogP contribution >= 0.6 is 11.6 Å². The van der Waals surface area contributed by atoms with Crippen molar-refractivity contribution in [2.24, 2.45) is 0 Å². The molecular weight excluding hydrogens is 357 g/mol. The van der Waals surface area contributed by atoms with E-state index in [1.807, 2.05) is 20.8 Å². The minimum atomic E-state index is -4.65. The van der Waals surface area contributed by atoms with Gasteiger partial charge >= 0.3 is 6.18 Å². The first-order chi connectivity index (χ1) is 11.5. The number of anilines is 2.